The molecule has 24 heavy (non-hydrogen) atoms. The molecular formula is C18H19BrClFN2O. The lowest BCUT2D eigenvalue weighted by atomic mass is 9.99. The standard InChI is InChI=1S/C18H18BrFN2O.ClH/c19-15-4-2-1-3-12(15)6-8-17(23)22-16-7-5-13-11-21-10-9-14(13)18(16)20;/h1-5,7,21H,6,8-11H2,(H,22,23);1H. The van der Waals surface area contributed by atoms with Crippen molar-refractivity contribution in [2.24, 2.45) is 0 Å². The van der Waals surface area contributed by atoms with Gasteiger partial charge in [-0.15, -0.1) is 12.4 Å². The van der Waals surface area contributed by atoms with Gasteiger partial charge in [-0.1, -0.05) is 40.2 Å². The Labute approximate surface area is 155 Å². The predicted octanol–water partition coefficient (Wildman–Crippen LogP) is 4.23. The minimum atomic E-state index is -0.293. The number of anilines is 1. The van der Waals surface area contributed by atoms with Crippen molar-refractivity contribution >= 4 is 39.9 Å². The van der Waals surface area contributed by atoms with Crippen molar-refractivity contribution in [1.29, 1.82) is 0 Å². The normalized spacial score (nSPS) is 12.9. The van der Waals surface area contributed by atoms with Gasteiger partial charge in [-0.25, -0.2) is 4.39 Å². The molecule has 0 spiro atoms. The maximum atomic E-state index is 14.5. The van der Waals surface area contributed by atoms with E-state index < -0.39 is 0 Å². The number of aryl methyl sites for hydroxylation is 1. The first kappa shape index (κ1) is 18.9. The number of halogens is 3. The number of hydrogen-bond donors (Lipinski definition) is 2. The number of fused-ring (bicyclic) bond motifs is 1. The number of carbonyl (C=O) groups is 1. The molecule has 6 heteroatoms. The summed E-state index contributed by atoms with van der Waals surface area (Å²) in [5.74, 6) is -0.466. The summed E-state index contributed by atoms with van der Waals surface area (Å²) in [6.07, 6.45) is 1.59. The van der Waals surface area contributed by atoms with Gasteiger partial charge < -0.3 is 10.6 Å². The molecule has 2 N–H and O–H groups in total. The molecule has 1 amide bonds. The Hall–Kier alpha value is -1.43. The first-order valence-corrected chi connectivity index (χ1v) is 8.48. The second-order valence-electron chi connectivity index (χ2n) is 5.63. The van der Waals surface area contributed by atoms with Gasteiger partial charge in [-0.2, -0.15) is 0 Å². The van der Waals surface area contributed by atoms with E-state index in [2.05, 4.69) is 26.6 Å². The Morgan fingerprint density at radius 3 is 2.83 bits per heavy atom. The van der Waals surface area contributed by atoms with E-state index in [0.29, 0.717) is 31.4 Å². The van der Waals surface area contributed by atoms with Crippen molar-refractivity contribution in [2.45, 2.75) is 25.8 Å². The van der Waals surface area contributed by atoms with Gasteiger partial charge in [0.1, 0.15) is 5.82 Å². The highest BCUT2D eigenvalue weighted by Crippen LogP contribution is 2.25. The lowest BCUT2D eigenvalue weighted by Crippen LogP contribution is -2.25. The third-order valence-electron chi connectivity index (χ3n) is 4.06. The number of carbonyl (C=O) groups excluding carboxylic acids is 1. The Balaban J connectivity index is 0.00000208. The number of hydrogen-bond acceptors (Lipinski definition) is 2. The van der Waals surface area contributed by atoms with E-state index in [1.807, 2.05) is 30.3 Å². The van der Waals surface area contributed by atoms with Gasteiger partial charge in [0.25, 0.3) is 0 Å². The quantitative estimate of drug-likeness (QED) is 0.788. The van der Waals surface area contributed by atoms with E-state index in [4.69, 9.17) is 0 Å². The average Bonchev–Trinajstić information content (AvgIpc) is 2.57. The fraction of sp³-hybridized carbons (Fsp3) is 0.278. The molecule has 3 nitrogen and oxygen atoms in total. The molecule has 1 aliphatic rings. The van der Waals surface area contributed by atoms with Crippen LogP contribution in [0.2, 0.25) is 0 Å². The van der Waals surface area contributed by atoms with Gasteiger partial charge in [-0.3, -0.25) is 4.79 Å². The molecular weight excluding hydrogens is 395 g/mol. The van der Waals surface area contributed by atoms with Gasteiger partial charge in [-0.05, 0) is 48.2 Å². The Morgan fingerprint density at radius 1 is 1.25 bits per heavy atom. The van der Waals surface area contributed by atoms with Crippen LogP contribution in [-0.4, -0.2) is 12.5 Å². The second kappa shape index (κ2) is 8.60. The van der Waals surface area contributed by atoms with E-state index in [0.717, 1.165) is 22.1 Å². The van der Waals surface area contributed by atoms with Gasteiger partial charge in [0.15, 0.2) is 0 Å². The number of amides is 1. The summed E-state index contributed by atoms with van der Waals surface area (Å²) in [6, 6.07) is 11.3. The lowest BCUT2D eigenvalue weighted by Gasteiger charge is -2.19. The maximum Gasteiger partial charge on any atom is 0.224 e. The van der Waals surface area contributed by atoms with Crippen LogP contribution in [0.3, 0.4) is 0 Å². The topological polar surface area (TPSA) is 41.1 Å². The summed E-state index contributed by atoms with van der Waals surface area (Å²) in [7, 11) is 0. The van der Waals surface area contributed by atoms with Crippen LogP contribution in [0.5, 0.6) is 0 Å². The van der Waals surface area contributed by atoms with Crippen LogP contribution < -0.4 is 10.6 Å². The summed E-state index contributed by atoms with van der Waals surface area (Å²) in [6.45, 7) is 1.45. The Bertz CT molecular complexity index is 739. The molecule has 0 aromatic heterocycles. The molecule has 0 bridgehead atoms. The van der Waals surface area contributed by atoms with E-state index in [1.165, 1.54) is 0 Å². The van der Waals surface area contributed by atoms with Gasteiger partial charge in [0.05, 0.1) is 5.69 Å². The molecule has 0 unspecified atom stereocenters. The molecule has 1 aliphatic heterocycles. The largest absolute Gasteiger partial charge is 0.324 e. The number of benzene rings is 2. The van der Waals surface area contributed by atoms with E-state index in [-0.39, 0.29) is 29.8 Å². The van der Waals surface area contributed by atoms with Gasteiger partial charge in [0.2, 0.25) is 5.91 Å². The minimum absolute atomic E-state index is 0. The van der Waals surface area contributed by atoms with Crippen LogP contribution in [0.15, 0.2) is 40.9 Å². The molecule has 128 valence electrons. The van der Waals surface area contributed by atoms with Crippen molar-refractivity contribution in [3.05, 3.63) is 63.4 Å². The molecule has 0 fully saturated rings. The monoisotopic (exact) mass is 412 g/mol. The van der Waals surface area contributed by atoms with Crippen LogP contribution in [0.25, 0.3) is 0 Å². The average molecular weight is 414 g/mol. The molecule has 0 saturated heterocycles. The summed E-state index contributed by atoms with van der Waals surface area (Å²) in [5.41, 5.74) is 3.04. The molecule has 2 aromatic rings. The minimum Gasteiger partial charge on any atom is -0.324 e. The van der Waals surface area contributed by atoms with Crippen LogP contribution in [0.4, 0.5) is 10.1 Å². The van der Waals surface area contributed by atoms with Gasteiger partial charge >= 0.3 is 0 Å². The van der Waals surface area contributed by atoms with Crippen LogP contribution in [0.1, 0.15) is 23.1 Å². The zero-order valence-corrected chi connectivity index (χ0v) is 15.5. The smallest absolute Gasteiger partial charge is 0.224 e. The first-order chi connectivity index (χ1) is 11.1. The molecule has 2 aromatic carbocycles. The van der Waals surface area contributed by atoms with Gasteiger partial charge in [0, 0.05) is 17.4 Å². The van der Waals surface area contributed by atoms with Crippen LogP contribution in [-0.2, 0) is 24.2 Å². The lowest BCUT2D eigenvalue weighted by molar-refractivity contribution is -0.116. The van der Waals surface area contributed by atoms with E-state index in [1.54, 1.807) is 6.07 Å². The SMILES string of the molecule is Cl.O=C(CCc1ccccc1Br)Nc1ccc2c(c1F)CCNC2. The van der Waals surface area contributed by atoms with Crippen LogP contribution in [0, 0.1) is 5.82 Å². The summed E-state index contributed by atoms with van der Waals surface area (Å²) < 4.78 is 15.5. The molecule has 0 aliphatic carbocycles. The molecule has 1 heterocycles. The van der Waals surface area contributed by atoms with Crippen molar-refractivity contribution < 1.29 is 9.18 Å². The van der Waals surface area contributed by atoms with Crippen molar-refractivity contribution in [3.8, 4) is 0 Å². The predicted molar refractivity (Wildman–Crippen MR) is 100 cm³/mol. The van der Waals surface area contributed by atoms with Crippen molar-refractivity contribution in [2.75, 3.05) is 11.9 Å². The molecule has 3 rings (SSSR count). The van der Waals surface area contributed by atoms with E-state index >= 15 is 0 Å². The summed E-state index contributed by atoms with van der Waals surface area (Å²) in [5, 5.41) is 5.91. The van der Waals surface area contributed by atoms with Crippen molar-refractivity contribution in [3.63, 3.8) is 0 Å². The summed E-state index contributed by atoms with van der Waals surface area (Å²) >= 11 is 3.47. The number of nitrogens with one attached hydrogen (secondary N) is 2. The zero-order valence-electron chi connectivity index (χ0n) is 13.1. The van der Waals surface area contributed by atoms with Crippen molar-refractivity contribution in [1.82, 2.24) is 5.32 Å². The molecule has 0 atom stereocenters. The molecule has 0 saturated carbocycles. The third-order valence-corrected chi connectivity index (χ3v) is 4.83. The summed E-state index contributed by atoms with van der Waals surface area (Å²) in [4.78, 5) is 12.1. The highest BCUT2D eigenvalue weighted by Gasteiger charge is 2.17. The first-order valence-electron chi connectivity index (χ1n) is 7.69. The fourth-order valence-corrected chi connectivity index (χ4v) is 3.28. The number of rotatable bonds is 4. The maximum absolute atomic E-state index is 14.5. The van der Waals surface area contributed by atoms with E-state index in [9.17, 15) is 9.18 Å². The highest BCUT2D eigenvalue weighted by atomic mass is 79.9. The Kier molecular flexibility index (Phi) is 6.78. The zero-order chi connectivity index (χ0) is 16.2. The van der Waals surface area contributed by atoms with Crippen LogP contribution >= 0.6 is 28.3 Å². The highest BCUT2D eigenvalue weighted by molar-refractivity contribution is 9.10. The Morgan fingerprint density at radius 2 is 2.04 bits per heavy atom. The third kappa shape index (κ3) is 4.35. The second-order valence-corrected chi connectivity index (χ2v) is 6.49. The molecule has 0 radical (unpaired) electrons. The fourth-order valence-electron chi connectivity index (χ4n) is 2.79.